The van der Waals surface area contributed by atoms with E-state index in [1.807, 2.05) is 0 Å². The van der Waals surface area contributed by atoms with E-state index in [4.69, 9.17) is 11.0 Å². The van der Waals surface area contributed by atoms with Gasteiger partial charge in [0.15, 0.2) is 0 Å². The van der Waals surface area contributed by atoms with Crippen LogP contribution in [0.2, 0.25) is 0 Å². The van der Waals surface area contributed by atoms with Crippen molar-refractivity contribution in [1.29, 1.82) is 5.26 Å². The lowest BCUT2D eigenvalue weighted by Gasteiger charge is -2.13. The number of nitriles is 1. The zero-order valence-electron chi connectivity index (χ0n) is 9.45. The Morgan fingerprint density at radius 2 is 2.26 bits per heavy atom. The van der Waals surface area contributed by atoms with Crippen LogP contribution in [0.4, 0.5) is 15.7 Å². The highest BCUT2D eigenvalue weighted by Crippen LogP contribution is 2.24. The minimum atomic E-state index is -4.80. The predicted octanol–water partition coefficient (Wildman–Crippen LogP) is -0.665. The van der Waals surface area contributed by atoms with Crippen LogP contribution >= 0.6 is 0 Å². The Morgan fingerprint density at radius 3 is 2.74 bits per heavy atom. The molecule has 0 aromatic carbocycles. The van der Waals surface area contributed by atoms with Crippen LogP contribution in [0.3, 0.4) is 0 Å². The average Bonchev–Trinajstić information content (AvgIpc) is 2.71. The van der Waals surface area contributed by atoms with Crippen LogP contribution in [0.5, 0.6) is 0 Å². The van der Waals surface area contributed by atoms with Crippen molar-refractivity contribution in [3.8, 4) is 6.07 Å². The van der Waals surface area contributed by atoms with Gasteiger partial charge in [0.2, 0.25) is 11.9 Å². The van der Waals surface area contributed by atoms with Crippen LogP contribution in [-0.4, -0.2) is 36.1 Å². The fourth-order valence-corrected chi connectivity index (χ4v) is 2.33. The summed E-state index contributed by atoms with van der Waals surface area (Å²) in [6, 6.07) is 1.75. The number of nitrogen functional groups attached to an aromatic ring is 1. The van der Waals surface area contributed by atoms with Gasteiger partial charge in [0, 0.05) is 13.0 Å². The number of nitrogens with zero attached hydrogens (tertiary/aromatic N) is 4. The van der Waals surface area contributed by atoms with Gasteiger partial charge in [0.05, 0.1) is 6.20 Å². The molecular weight excluding hydrogens is 277 g/mol. The lowest BCUT2D eigenvalue weighted by Crippen LogP contribution is -2.28. The summed E-state index contributed by atoms with van der Waals surface area (Å²) in [5.41, 5.74) is 5.49. The number of carbonyl (C=O) groups is 1. The highest BCUT2D eigenvalue weighted by molar-refractivity contribution is 7.87. The third-order valence-electron chi connectivity index (χ3n) is 2.66. The van der Waals surface area contributed by atoms with Gasteiger partial charge in [-0.15, -0.1) is 3.89 Å². The molecule has 1 aromatic rings. The Kier molecular flexibility index (Phi) is 3.07. The number of rotatable bonds is 2. The number of halogens is 1. The largest absolute Gasteiger partial charge is 0.382 e. The maximum atomic E-state index is 12.8. The molecule has 2 N–H and O–H groups in total. The molecule has 0 radical (unpaired) electrons. The second-order valence-corrected chi connectivity index (χ2v) is 5.50. The van der Waals surface area contributed by atoms with Crippen molar-refractivity contribution in [1.82, 2.24) is 9.97 Å². The molecule has 1 amide bonds. The molecule has 0 aliphatic carbocycles. The molecule has 10 heteroatoms. The minimum Gasteiger partial charge on any atom is -0.382 e. The summed E-state index contributed by atoms with van der Waals surface area (Å²) in [6.45, 7) is -0.372. The fraction of sp³-hybridized carbons (Fsp3) is 0.333. The van der Waals surface area contributed by atoms with Crippen molar-refractivity contribution in [2.24, 2.45) is 0 Å². The van der Waals surface area contributed by atoms with Crippen molar-refractivity contribution < 1.29 is 17.1 Å². The molecule has 0 saturated carbocycles. The molecule has 1 aliphatic rings. The van der Waals surface area contributed by atoms with Crippen molar-refractivity contribution in [2.45, 2.75) is 11.7 Å². The number of aromatic nitrogens is 2. The zero-order valence-corrected chi connectivity index (χ0v) is 10.3. The van der Waals surface area contributed by atoms with Crippen molar-refractivity contribution in [3.05, 3.63) is 11.8 Å². The summed E-state index contributed by atoms with van der Waals surface area (Å²) in [4.78, 5) is 20.0. The molecule has 1 fully saturated rings. The lowest BCUT2D eigenvalue weighted by atomic mass is 10.3. The first-order valence-corrected chi connectivity index (χ1v) is 6.54. The molecule has 2 heterocycles. The van der Waals surface area contributed by atoms with E-state index < -0.39 is 27.8 Å². The van der Waals surface area contributed by atoms with Crippen molar-refractivity contribution in [3.63, 3.8) is 0 Å². The van der Waals surface area contributed by atoms with Crippen LogP contribution in [0.25, 0.3) is 0 Å². The molecule has 0 bridgehead atoms. The van der Waals surface area contributed by atoms with E-state index >= 15 is 0 Å². The van der Waals surface area contributed by atoms with Gasteiger partial charge in [-0.25, -0.2) is 4.98 Å². The van der Waals surface area contributed by atoms with Gasteiger partial charge in [0.1, 0.15) is 22.7 Å². The van der Waals surface area contributed by atoms with E-state index in [1.54, 1.807) is 6.07 Å². The molecular formula is C9H8FN5O3S. The number of amides is 1. The quantitative estimate of drug-likeness (QED) is 0.713. The van der Waals surface area contributed by atoms with Gasteiger partial charge >= 0.3 is 10.2 Å². The first-order valence-electron chi connectivity index (χ1n) is 5.09. The number of anilines is 2. The van der Waals surface area contributed by atoms with Crippen molar-refractivity contribution in [2.75, 3.05) is 17.2 Å². The first kappa shape index (κ1) is 13.2. The molecule has 0 spiro atoms. The van der Waals surface area contributed by atoms with E-state index in [1.165, 1.54) is 0 Å². The first-order chi connectivity index (χ1) is 8.82. The van der Waals surface area contributed by atoms with Gasteiger partial charge < -0.3 is 5.73 Å². The monoisotopic (exact) mass is 285 g/mol. The van der Waals surface area contributed by atoms with Crippen LogP contribution in [0, 0.1) is 11.3 Å². The summed E-state index contributed by atoms with van der Waals surface area (Å²) < 4.78 is 34.4. The summed E-state index contributed by atoms with van der Waals surface area (Å²) in [6.07, 6.45) is 0.643. The van der Waals surface area contributed by atoms with Gasteiger partial charge in [-0.05, 0) is 0 Å². The minimum absolute atomic E-state index is 0.0325. The third kappa shape index (κ3) is 2.45. The Morgan fingerprint density at radius 1 is 1.58 bits per heavy atom. The maximum Gasteiger partial charge on any atom is 0.307 e. The Balaban J connectivity index is 2.31. The summed E-state index contributed by atoms with van der Waals surface area (Å²) >= 11 is 0. The summed E-state index contributed by atoms with van der Waals surface area (Å²) in [5, 5.41) is 7.23. The summed E-state index contributed by atoms with van der Waals surface area (Å²) in [5.74, 6) is -0.894. The maximum absolute atomic E-state index is 12.8. The second-order valence-electron chi connectivity index (χ2n) is 3.89. The van der Waals surface area contributed by atoms with Crippen LogP contribution < -0.4 is 10.6 Å². The molecule has 1 aromatic heterocycles. The van der Waals surface area contributed by atoms with Gasteiger partial charge in [-0.1, -0.05) is 0 Å². The molecule has 2 rings (SSSR count). The van der Waals surface area contributed by atoms with Crippen molar-refractivity contribution >= 4 is 27.9 Å². The van der Waals surface area contributed by atoms with Gasteiger partial charge in [0.25, 0.3) is 0 Å². The topological polar surface area (TPSA) is 130 Å². The average molecular weight is 285 g/mol. The van der Waals surface area contributed by atoms with E-state index in [9.17, 15) is 17.1 Å². The SMILES string of the molecule is N#Cc1cnc(N2CC(S(=O)(=O)F)CC2=O)nc1N. The van der Waals surface area contributed by atoms with Gasteiger partial charge in [-0.3, -0.25) is 9.69 Å². The van der Waals surface area contributed by atoms with Crippen LogP contribution in [0.15, 0.2) is 6.20 Å². The second kappa shape index (κ2) is 4.43. The highest BCUT2D eigenvalue weighted by Gasteiger charge is 2.40. The Labute approximate surface area is 107 Å². The molecule has 1 aliphatic heterocycles. The number of nitrogens with two attached hydrogens (primary N) is 1. The predicted molar refractivity (Wildman–Crippen MR) is 61.9 cm³/mol. The lowest BCUT2D eigenvalue weighted by molar-refractivity contribution is -0.117. The number of hydrogen-bond donors (Lipinski definition) is 1. The van der Waals surface area contributed by atoms with E-state index in [0.717, 1.165) is 11.1 Å². The standard InChI is InChI=1S/C9H8FN5O3S/c10-19(17,18)6-1-7(16)15(4-6)9-13-3-5(2-11)8(12)14-9/h3,6H,1,4H2,(H2,12,13,14). The normalized spacial score (nSPS) is 19.5. The van der Waals surface area contributed by atoms with E-state index in [2.05, 4.69) is 9.97 Å². The number of hydrogen-bond acceptors (Lipinski definition) is 7. The fourth-order valence-electron chi connectivity index (χ4n) is 1.66. The Bertz CT molecular complexity index is 684. The third-order valence-corrected chi connectivity index (χ3v) is 3.77. The Hall–Kier alpha value is -2.28. The smallest absolute Gasteiger partial charge is 0.307 e. The molecule has 1 unspecified atom stereocenters. The van der Waals surface area contributed by atoms with E-state index in [0.29, 0.717) is 0 Å². The molecule has 19 heavy (non-hydrogen) atoms. The summed E-state index contributed by atoms with van der Waals surface area (Å²) in [7, 11) is -4.80. The molecule has 100 valence electrons. The molecule has 8 nitrogen and oxygen atoms in total. The van der Waals surface area contributed by atoms with Crippen LogP contribution in [0.1, 0.15) is 12.0 Å². The number of carbonyl (C=O) groups excluding carboxylic acids is 1. The molecule has 1 saturated heterocycles. The van der Waals surface area contributed by atoms with Crippen LogP contribution in [-0.2, 0) is 15.0 Å². The van der Waals surface area contributed by atoms with Gasteiger partial charge in [-0.2, -0.15) is 18.7 Å². The highest BCUT2D eigenvalue weighted by atomic mass is 32.3. The zero-order chi connectivity index (χ0) is 14.2. The molecule has 1 atom stereocenters. The van der Waals surface area contributed by atoms with E-state index in [-0.39, 0.29) is 23.9 Å².